The van der Waals surface area contributed by atoms with Crippen LogP contribution < -0.4 is 5.32 Å². The first-order valence-electron chi connectivity index (χ1n) is 12.8. The van der Waals surface area contributed by atoms with E-state index in [-0.39, 0.29) is 24.3 Å². The molecule has 37 heavy (non-hydrogen) atoms. The van der Waals surface area contributed by atoms with Gasteiger partial charge in [-0.25, -0.2) is 9.18 Å². The number of carbonyl (C=O) groups is 2. The lowest BCUT2D eigenvalue weighted by molar-refractivity contribution is -0.133. The normalized spacial score (nSPS) is 13.5. The number of nitrogens with one attached hydrogen (secondary N) is 1. The second kappa shape index (κ2) is 12.8. The summed E-state index contributed by atoms with van der Waals surface area (Å²) in [5.41, 5.74) is 3.81. The van der Waals surface area contributed by atoms with Crippen molar-refractivity contribution in [3.63, 3.8) is 0 Å². The first-order chi connectivity index (χ1) is 17.9. The van der Waals surface area contributed by atoms with E-state index in [1.807, 2.05) is 49.6 Å². The maximum absolute atomic E-state index is 13.6. The minimum atomic E-state index is -0.309. The van der Waals surface area contributed by atoms with Gasteiger partial charge in [-0.1, -0.05) is 24.3 Å². The van der Waals surface area contributed by atoms with Gasteiger partial charge in [-0.15, -0.1) is 11.3 Å². The molecule has 3 aromatic rings. The Labute approximate surface area is 222 Å². The Morgan fingerprint density at radius 2 is 1.73 bits per heavy atom. The quantitative estimate of drug-likeness (QED) is 0.374. The van der Waals surface area contributed by atoms with Gasteiger partial charge in [0.2, 0.25) is 5.91 Å². The van der Waals surface area contributed by atoms with Crippen LogP contribution in [0.5, 0.6) is 0 Å². The Morgan fingerprint density at radius 3 is 2.41 bits per heavy atom. The van der Waals surface area contributed by atoms with Crippen molar-refractivity contribution in [3.05, 3.63) is 87.4 Å². The van der Waals surface area contributed by atoms with E-state index in [0.29, 0.717) is 25.3 Å². The van der Waals surface area contributed by atoms with Crippen LogP contribution in [0.15, 0.2) is 60.0 Å². The highest BCUT2D eigenvalue weighted by atomic mass is 32.1. The van der Waals surface area contributed by atoms with Crippen LogP contribution in [0.4, 0.5) is 14.9 Å². The van der Waals surface area contributed by atoms with E-state index in [4.69, 9.17) is 0 Å². The fourth-order valence-corrected chi connectivity index (χ4v) is 5.16. The molecule has 0 radical (unpaired) electrons. The largest absolute Gasteiger partial charge is 0.332 e. The molecule has 0 spiro atoms. The van der Waals surface area contributed by atoms with Crippen molar-refractivity contribution < 1.29 is 14.0 Å². The second-order valence-electron chi connectivity index (χ2n) is 9.66. The molecular formula is C29H35FN4O2S. The van der Waals surface area contributed by atoms with E-state index < -0.39 is 0 Å². The van der Waals surface area contributed by atoms with Crippen LogP contribution in [-0.4, -0.2) is 59.4 Å². The van der Waals surface area contributed by atoms with E-state index in [1.54, 1.807) is 33.3 Å². The van der Waals surface area contributed by atoms with Crippen LogP contribution in [0.1, 0.15) is 34.4 Å². The summed E-state index contributed by atoms with van der Waals surface area (Å²) in [6.07, 6.45) is 2.33. The van der Waals surface area contributed by atoms with E-state index in [0.717, 1.165) is 41.2 Å². The first kappa shape index (κ1) is 26.8. The van der Waals surface area contributed by atoms with Crippen LogP contribution in [0, 0.1) is 19.7 Å². The third-order valence-corrected chi connectivity index (χ3v) is 7.68. The van der Waals surface area contributed by atoms with Gasteiger partial charge >= 0.3 is 6.03 Å². The molecule has 1 aromatic heterocycles. The number of halogens is 1. The Morgan fingerprint density at radius 1 is 0.973 bits per heavy atom. The molecule has 3 amide bonds. The van der Waals surface area contributed by atoms with Gasteiger partial charge in [-0.2, -0.15) is 0 Å². The number of anilines is 1. The fraction of sp³-hybridized carbons (Fsp3) is 0.379. The number of benzene rings is 2. The van der Waals surface area contributed by atoms with Crippen molar-refractivity contribution in [2.24, 2.45) is 0 Å². The summed E-state index contributed by atoms with van der Waals surface area (Å²) in [4.78, 5) is 33.7. The lowest BCUT2D eigenvalue weighted by Crippen LogP contribution is -2.46. The number of hydrogen-bond donors (Lipinski definition) is 1. The molecule has 2 aromatic carbocycles. The van der Waals surface area contributed by atoms with E-state index in [2.05, 4.69) is 10.2 Å². The van der Waals surface area contributed by atoms with Gasteiger partial charge in [-0.05, 0) is 92.2 Å². The SMILES string of the molecule is Cc1ccc(NC(=O)N(CCN2CCCC2)CC(=O)N(Cc2ccc(F)cc2)Cc2cccs2)cc1C. The standard InChI is InChI=1S/C29H35FN4O2S/c1-22-7-12-26(18-23(22)2)31-29(36)33(16-15-32-13-3-4-14-32)21-28(35)34(20-27-6-5-17-37-27)19-24-8-10-25(30)11-9-24/h5-12,17-18H,3-4,13-16,19-21H2,1-2H3,(H,31,36). The van der Waals surface area contributed by atoms with Crippen molar-refractivity contribution >= 4 is 29.0 Å². The number of rotatable bonds is 10. The summed E-state index contributed by atoms with van der Waals surface area (Å²) in [5, 5.41) is 4.97. The van der Waals surface area contributed by atoms with Crippen molar-refractivity contribution in [1.29, 1.82) is 0 Å². The minimum absolute atomic E-state index is 0.0307. The van der Waals surface area contributed by atoms with Crippen molar-refractivity contribution in [1.82, 2.24) is 14.7 Å². The summed E-state index contributed by atoms with van der Waals surface area (Å²) in [7, 11) is 0. The lowest BCUT2D eigenvalue weighted by Gasteiger charge is -2.29. The first-order valence-corrected chi connectivity index (χ1v) is 13.7. The summed E-state index contributed by atoms with van der Waals surface area (Å²) in [6.45, 7) is 8.04. The molecule has 0 atom stereocenters. The molecule has 1 aliphatic rings. The predicted octanol–water partition coefficient (Wildman–Crippen LogP) is 5.66. The third-order valence-electron chi connectivity index (χ3n) is 6.82. The molecule has 8 heteroatoms. The number of likely N-dealkylation sites (tertiary alicyclic amines) is 1. The Balaban J connectivity index is 1.49. The zero-order valence-corrected chi connectivity index (χ0v) is 22.4. The van der Waals surface area contributed by atoms with Gasteiger partial charge in [-0.3, -0.25) is 4.79 Å². The van der Waals surface area contributed by atoms with E-state index in [1.165, 1.54) is 25.0 Å². The summed E-state index contributed by atoms with van der Waals surface area (Å²) in [6, 6.07) is 15.7. The van der Waals surface area contributed by atoms with Crippen molar-refractivity contribution in [2.75, 3.05) is 38.0 Å². The maximum Gasteiger partial charge on any atom is 0.322 e. The number of aryl methyl sites for hydroxylation is 2. The van der Waals surface area contributed by atoms with Crippen molar-refractivity contribution in [2.45, 2.75) is 39.8 Å². The second-order valence-corrected chi connectivity index (χ2v) is 10.7. The number of amides is 3. The topological polar surface area (TPSA) is 55.9 Å². The predicted molar refractivity (Wildman–Crippen MR) is 147 cm³/mol. The molecule has 2 heterocycles. The zero-order chi connectivity index (χ0) is 26.2. The molecule has 1 fully saturated rings. The minimum Gasteiger partial charge on any atom is -0.332 e. The smallest absolute Gasteiger partial charge is 0.322 e. The molecule has 1 N–H and O–H groups in total. The lowest BCUT2D eigenvalue weighted by atomic mass is 10.1. The number of thiophene rings is 1. The number of urea groups is 1. The van der Waals surface area contributed by atoms with E-state index >= 15 is 0 Å². The van der Waals surface area contributed by atoms with Crippen LogP contribution in [0.25, 0.3) is 0 Å². The monoisotopic (exact) mass is 522 g/mol. The van der Waals surface area contributed by atoms with E-state index in [9.17, 15) is 14.0 Å². The molecule has 0 bridgehead atoms. The van der Waals surface area contributed by atoms with Crippen molar-refractivity contribution in [3.8, 4) is 0 Å². The van der Waals surface area contributed by atoms with Gasteiger partial charge in [0.1, 0.15) is 12.4 Å². The van der Waals surface area contributed by atoms with Crippen LogP contribution in [-0.2, 0) is 17.9 Å². The van der Waals surface area contributed by atoms with Gasteiger partial charge in [0, 0.05) is 30.2 Å². The number of nitrogens with zero attached hydrogens (tertiary/aromatic N) is 3. The maximum atomic E-state index is 13.6. The average Bonchev–Trinajstić information content (AvgIpc) is 3.59. The summed E-state index contributed by atoms with van der Waals surface area (Å²) >= 11 is 1.58. The molecule has 4 rings (SSSR count). The Bertz CT molecular complexity index is 1180. The molecule has 1 saturated heterocycles. The van der Waals surface area contributed by atoms with Gasteiger partial charge in [0.05, 0.1) is 6.54 Å². The third kappa shape index (κ3) is 7.87. The average molecular weight is 523 g/mol. The molecule has 6 nitrogen and oxygen atoms in total. The van der Waals surface area contributed by atoms with Gasteiger partial charge in [0.25, 0.3) is 0 Å². The molecule has 1 aliphatic heterocycles. The van der Waals surface area contributed by atoms with Crippen LogP contribution >= 0.6 is 11.3 Å². The Kier molecular flexibility index (Phi) is 9.30. The highest BCUT2D eigenvalue weighted by molar-refractivity contribution is 7.09. The zero-order valence-electron chi connectivity index (χ0n) is 21.6. The van der Waals surface area contributed by atoms with Crippen LogP contribution in [0.2, 0.25) is 0 Å². The number of carbonyl (C=O) groups excluding carboxylic acids is 2. The highest BCUT2D eigenvalue weighted by Crippen LogP contribution is 2.18. The fourth-order valence-electron chi connectivity index (χ4n) is 4.44. The Hall–Kier alpha value is -3.23. The summed E-state index contributed by atoms with van der Waals surface area (Å²) < 4.78 is 13.5. The van der Waals surface area contributed by atoms with Gasteiger partial charge < -0.3 is 20.0 Å². The number of hydrogen-bond acceptors (Lipinski definition) is 4. The molecular weight excluding hydrogens is 487 g/mol. The highest BCUT2D eigenvalue weighted by Gasteiger charge is 2.24. The molecule has 0 unspecified atom stereocenters. The summed E-state index contributed by atoms with van der Waals surface area (Å²) in [5.74, 6) is -0.453. The van der Waals surface area contributed by atoms with Crippen LogP contribution in [0.3, 0.4) is 0 Å². The molecule has 196 valence electrons. The van der Waals surface area contributed by atoms with Gasteiger partial charge in [0.15, 0.2) is 0 Å². The molecule has 0 saturated carbocycles. The molecule has 0 aliphatic carbocycles.